The normalized spacial score (nSPS) is 27.7. The van der Waals surface area contributed by atoms with Gasteiger partial charge in [-0.05, 0) is 25.7 Å². The molecule has 2 unspecified atom stereocenters. The standard InChI is InChI=1S/C13H20N4O2/c1-16-9-14-15-12(16)10-4-2-6-17(8-10)13(18)11-5-3-7-19-11/h9-11H,2-8H2,1H3. The zero-order valence-corrected chi connectivity index (χ0v) is 11.3. The van der Waals surface area contributed by atoms with E-state index in [1.807, 2.05) is 16.5 Å². The molecule has 0 aliphatic carbocycles. The van der Waals surface area contributed by atoms with Gasteiger partial charge in [0.05, 0.1) is 0 Å². The fourth-order valence-corrected chi connectivity index (χ4v) is 3.03. The van der Waals surface area contributed by atoms with Gasteiger partial charge in [-0.1, -0.05) is 0 Å². The van der Waals surface area contributed by atoms with Crippen molar-refractivity contribution in [2.45, 2.75) is 37.7 Å². The second-order valence-electron chi connectivity index (χ2n) is 5.43. The first-order chi connectivity index (χ1) is 9.25. The van der Waals surface area contributed by atoms with Gasteiger partial charge in [-0.15, -0.1) is 10.2 Å². The van der Waals surface area contributed by atoms with Crippen LogP contribution in [0, 0.1) is 0 Å². The fraction of sp³-hybridized carbons (Fsp3) is 0.769. The summed E-state index contributed by atoms with van der Waals surface area (Å²) in [5, 5.41) is 8.10. The molecule has 0 spiro atoms. The van der Waals surface area contributed by atoms with Gasteiger partial charge in [-0.25, -0.2) is 0 Å². The number of hydrogen-bond acceptors (Lipinski definition) is 4. The molecule has 6 heteroatoms. The van der Waals surface area contributed by atoms with Crippen molar-refractivity contribution >= 4 is 5.91 Å². The Bertz CT molecular complexity index is 453. The third-order valence-corrected chi connectivity index (χ3v) is 4.05. The molecule has 104 valence electrons. The van der Waals surface area contributed by atoms with E-state index in [9.17, 15) is 4.79 Å². The van der Waals surface area contributed by atoms with Crippen LogP contribution in [0.3, 0.4) is 0 Å². The summed E-state index contributed by atoms with van der Waals surface area (Å²) in [4.78, 5) is 14.3. The number of likely N-dealkylation sites (tertiary alicyclic amines) is 1. The zero-order chi connectivity index (χ0) is 13.2. The number of amides is 1. The first-order valence-corrected chi connectivity index (χ1v) is 7.00. The van der Waals surface area contributed by atoms with E-state index >= 15 is 0 Å². The van der Waals surface area contributed by atoms with Crippen LogP contribution in [0.25, 0.3) is 0 Å². The number of carbonyl (C=O) groups excluding carboxylic acids is 1. The maximum atomic E-state index is 12.4. The monoisotopic (exact) mass is 264 g/mol. The van der Waals surface area contributed by atoms with Crippen LogP contribution in [-0.2, 0) is 16.6 Å². The predicted molar refractivity (Wildman–Crippen MR) is 68.5 cm³/mol. The lowest BCUT2D eigenvalue weighted by molar-refractivity contribution is -0.142. The number of ether oxygens (including phenoxy) is 1. The molecule has 0 radical (unpaired) electrons. The second kappa shape index (κ2) is 5.28. The SMILES string of the molecule is Cn1cnnc1C1CCCN(C(=O)C2CCCO2)C1. The molecule has 2 fully saturated rings. The average Bonchev–Trinajstić information content (AvgIpc) is 3.09. The lowest BCUT2D eigenvalue weighted by Gasteiger charge is -2.33. The highest BCUT2D eigenvalue weighted by atomic mass is 16.5. The van der Waals surface area contributed by atoms with Gasteiger partial charge < -0.3 is 14.2 Å². The van der Waals surface area contributed by atoms with Crippen LogP contribution in [-0.4, -0.2) is 51.4 Å². The molecule has 1 amide bonds. The largest absolute Gasteiger partial charge is 0.368 e. The van der Waals surface area contributed by atoms with Gasteiger partial charge >= 0.3 is 0 Å². The van der Waals surface area contributed by atoms with E-state index in [4.69, 9.17) is 4.74 Å². The number of aryl methyl sites for hydroxylation is 1. The Kier molecular flexibility index (Phi) is 3.50. The van der Waals surface area contributed by atoms with Crippen molar-refractivity contribution in [2.75, 3.05) is 19.7 Å². The molecule has 6 nitrogen and oxygen atoms in total. The van der Waals surface area contributed by atoms with Crippen LogP contribution >= 0.6 is 0 Å². The van der Waals surface area contributed by atoms with Crippen molar-refractivity contribution in [1.82, 2.24) is 19.7 Å². The number of hydrogen-bond donors (Lipinski definition) is 0. The molecule has 0 aromatic carbocycles. The van der Waals surface area contributed by atoms with Crippen molar-refractivity contribution in [2.24, 2.45) is 7.05 Å². The third-order valence-electron chi connectivity index (χ3n) is 4.05. The summed E-state index contributed by atoms with van der Waals surface area (Å²) in [6, 6.07) is 0. The van der Waals surface area contributed by atoms with E-state index in [0.29, 0.717) is 5.92 Å². The Balaban J connectivity index is 1.68. The van der Waals surface area contributed by atoms with Crippen LogP contribution in [0.2, 0.25) is 0 Å². The fourth-order valence-electron chi connectivity index (χ4n) is 3.03. The van der Waals surface area contributed by atoms with E-state index in [1.165, 1.54) is 0 Å². The van der Waals surface area contributed by atoms with E-state index < -0.39 is 0 Å². The third kappa shape index (κ3) is 2.49. The minimum atomic E-state index is -0.210. The number of carbonyl (C=O) groups is 1. The summed E-state index contributed by atoms with van der Waals surface area (Å²) in [5.74, 6) is 1.43. The maximum Gasteiger partial charge on any atom is 0.251 e. The molecule has 2 atom stereocenters. The lowest BCUT2D eigenvalue weighted by atomic mass is 9.96. The van der Waals surface area contributed by atoms with E-state index in [-0.39, 0.29) is 12.0 Å². The Labute approximate surface area is 112 Å². The van der Waals surface area contributed by atoms with Crippen LogP contribution in [0.5, 0.6) is 0 Å². The van der Waals surface area contributed by atoms with E-state index in [2.05, 4.69) is 10.2 Å². The summed E-state index contributed by atoms with van der Waals surface area (Å²) >= 11 is 0. The van der Waals surface area contributed by atoms with Crippen molar-refractivity contribution in [3.05, 3.63) is 12.2 Å². The molecular formula is C13H20N4O2. The zero-order valence-electron chi connectivity index (χ0n) is 11.3. The Hall–Kier alpha value is -1.43. The van der Waals surface area contributed by atoms with Gasteiger partial charge in [0.2, 0.25) is 0 Å². The lowest BCUT2D eigenvalue weighted by Crippen LogP contribution is -2.44. The first-order valence-electron chi connectivity index (χ1n) is 7.00. The Morgan fingerprint density at radius 1 is 1.42 bits per heavy atom. The van der Waals surface area contributed by atoms with Crippen LogP contribution in [0.4, 0.5) is 0 Å². The quantitative estimate of drug-likeness (QED) is 0.789. The highest BCUT2D eigenvalue weighted by Crippen LogP contribution is 2.26. The van der Waals surface area contributed by atoms with Gasteiger partial charge in [0.1, 0.15) is 18.3 Å². The Morgan fingerprint density at radius 2 is 2.32 bits per heavy atom. The summed E-state index contributed by atoms with van der Waals surface area (Å²) in [7, 11) is 1.95. The van der Waals surface area contributed by atoms with Gasteiger partial charge in [-0.2, -0.15) is 0 Å². The van der Waals surface area contributed by atoms with Crippen molar-refractivity contribution in [1.29, 1.82) is 0 Å². The first kappa shape index (κ1) is 12.6. The van der Waals surface area contributed by atoms with Gasteiger partial charge in [-0.3, -0.25) is 4.79 Å². The van der Waals surface area contributed by atoms with E-state index in [1.54, 1.807) is 6.33 Å². The van der Waals surface area contributed by atoms with Crippen LogP contribution in [0.1, 0.15) is 37.4 Å². The molecule has 3 rings (SSSR count). The molecule has 0 N–H and O–H groups in total. The summed E-state index contributed by atoms with van der Waals surface area (Å²) < 4.78 is 7.44. The molecule has 1 aromatic heterocycles. The molecule has 2 saturated heterocycles. The smallest absolute Gasteiger partial charge is 0.251 e. The van der Waals surface area contributed by atoms with Crippen molar-refractivity contribution < 1.29 is 9.53 Å². The molecule has 3 heterocycles. The molecule has 0 saturated carbocycles. The molecule has 19 heavy (non-hydrogen) atoms. The predicted octanol–water partition coefficient (Wildman–Crippen LogP) is 0.700. The number of piperidine rings is 1. The average molecular weight is 264 g/mol. The van der Waals surface area contributed by atoms with Gasteiger partial charge in [0.15, 0.2) is 0 Å². The summed E-state index contributed by atoms with van der Waals surface area (Å²) in [6.07, 6.45) is 5.47. The number of aromatic nitrogens is 3. The molecule has 1 aromatic rings. The Morgan fingerprint density at radius 3 is 3.00 bits per heavy atom. The topological polar surface area (TPSA) is 60.2 Å². The minimum Gasteiger partial charge on any atom is -0.368 e. The molecular weight excluding hydrogens is 244 g/mol. The summed E-state index contributed by atoms with van der Waals surface area (Å²) in [5.41, 5.74) is 0. The van der Waals surface area contributed by atoms with Crippen molar-refractivity contribution in [3.63, 3.8) is 0 Å². The van der Waals surface area contributed by atoms with E-state index in [0.717, 1.165) is 51.2 Å². The second-order valence-corrected chi connectivity index (χ2v) is 5.43. The minimum absolute atomic E-state index is 0.157. The van der Waals surface area contributed by atoms with Crippen LogP contribution in [0.15, 0.2) is 6.33 Å². The maximum absolute atomic E-state index is 12.4. The highest BCUT2D eigenvalue weighted by molar-refractivity contribution is 5.81. The number of rotatable bonds is 2. The van der Waals surface area contributed by atoms with Crippen LogP contribution < -0.4 is 0 Å². The van der Waals surface area contributed by atoms with Gasteiger partial charge in [0.25, 0.3) is 5.91 Å². The van der Waals surface area contributed by atoms with Gasteiger partial charge in [0, 0.05) is 32.7 Å². The molecule has 0 bridgehead atoms. The molecule has 2 aliphatic rings. The highest BCUT2D eigenvalue weighted by Gasteiger charge is 2.32. The summed E-state index contributed by atoms with van der Waals surface area (Å²) in [6.45, 7) is 2.30. The molecule has 2 aliphatic heterocycles. The number of nitrogens with zero attached hydrogens (tertiary/aromatic N) is 4. The van der Waals surface area contributed by atoms with Crippen molar-refractivity contribution in [3.8, 4) is 0 Å².